The Labute approximate surface area is 179 Å². The second kappa shape index (κ2) is 9.96. The lowest BCUT2D eigenvalue weighted by atomic mass is 10.1. The lowest BCUT2D eigenvalue weighted by Crippen LogP contribution is -2.40. The molecule has 1 aliphatic rings. The summed E-state index contributed by atoms with van der Waals surface area (Å²) in [5.41, 5.74) is 8.45. The molecule has 3 rings (SSSR count). The molecular formula is C24H31N5O. The van der Waals surface area contributed by atoms with E-state index in [9.17, 15) is 0 Å². The molecule has 0 amide bonds. The molecule has 0 radical (unpaired) electrons. The van der Waals surface area contributed by atoms with Crippen LogP contribution in [0.3, 0.4) is 0 Å². The van der Waals surface area contributed by atoms with E-state index in [-0.39, 0.29) is 11.9 Å². The average Bonchev–Trinajstić information content (AvgIpc) is 2.75. The van der Waals surface area contributed by atoms with Crippen LogP contribution in [0.2, 0.25) is 0 Å². The van der Waals surface area contributed by atoms with Crippen molar-refractivity contribution in [1.29, 1.82) is 10.8 Å². The van der Waals surface area contributed by atoms with Gasteiger partial charge >= 0.3 is 0 Å². The third-order valence-electron chi connectivity index (χ3n) is 5.38. The first-order valence-electron chi connectivity index (χ1n) is 10.3. The number of piperidine rings is 1. The van der Waals surface area contributed by atoms with E-state index in [2.05, 4.69) is 35.1 Å². The minimum absolute atomic E-state index is 0.0834. The predicted molar refractivity (Wildman–Crippen MR) is 125 cm³/mol. The number of rotatable bonds is 7. The van der Waals surface area contributed by atoms with Gasteiger partial charge in [0.15, 0.2) is 0 Å². The van der Waals surface area contributed by atoms with Crippen LogP contribution in [-0.4, -0.2) is 49.4 Å². The topological polar surface area (TPSA) is 89.4 Å². The van der Waals surface area contributed by atoms with E-state index in [1.54, 1.807) is 0 Å². The van der Waals surface area contributed by atoms with Crippen LogP contribution >= 0.6 is 0 Å². The Morgan fingerprint density at radius 2 is 1.87 bits per heavy atom. The summed E-state index contributed by atoms with van der Waals surface area (Å²) in [4.78, 5) is 4.27. The zero-order valence-corrected chi connectivity index (χ0v) is 17.8. The monoisotopic (exact) mass is 405 g/mol. The number of anilines is 1. The van der Waals surface area contributed by atoms with E-state index in [0.29, 0.717) is 5.84 Å². The van der Waals surface area contributed by atoms with E-state index in [0.717, 1.165) is 55.0 Å². The summed E-state index contributed by atoms with van der Waals surface area (Å²) >= 11 is 0. The summed E-state index contributed by atoms with van der Waals surface area (Å²) in [6, 6.07) is 15.9. The molecule has 6 nitrogen and oxygen atoms in total. The van der Waals surface area contributed by atoms with Crippen LogP contribution in [0.1, 0.15) is 30.9 Å². The van der Waals surface area contributed by atoms with Gasteiger partial charge in [0.05, 0.1) is 5.84 Å². The number of amidine groups is 2. The minimum Gasteiger partial charge on any atom is -0.490 e. The van der Waals surface area contributed by atoms with Gasteiger partial charge in [0.25, 0.3) is 0 Å². The van der Waals surface area contributed by atoms with Gasteiger partial charge in [-0.2, -0.15) is 0 Å². The maximum atomic E-state index is 7.72. The van der Waals surface area contributed by atoms with Crippen LogP contribution in [0.25, 0.3) is 6.08 Å². The van der Waals surface area contributed by atoms with Crippen molar-refractivity contribution in [2.75, 3.05) is 31.6 Å². The standard InChI is InChI=1S/C24H31N5O/c1-18(25)29-15-12-23(13-16-29)30-22-10-8-21(9-11-22)28(2)14-4-6-19-5-3-7-20(17-19)24(26)27/h3-11,17,23,25H,12-16H2,1-2H3,(H3,26,27). The Bertz CT molecular complexity index is 898. The highest BCUT2D eigenvalue weighted by Crippen LogP contribution is 2.22. The summed E-state index contributed by atoms with van der Waals surface area (Å²) in [7, 11) is 2.06. The van der Waals surface area contributed by atoms with Crippen molar-refractivity contribution in [3.63, 3.8) is 0 Å². The second-order valence-electron chi connectivity index (χ2n) is 7.71. The zero-order valence-electron chi connectivity index (χ0n) is 17.8. The highest BCUT2D eigenvalue weighted by molar-refractivity contribution is 5.95. The smallest absolute Gasteiger partial charge is 0.122 e. The number of nitrogen functional groups attached to an aromatic ring is 1. The van der Waals surface area contributed by atoms with Crippen LogP contribution in [0.5, 0.6) is 5.75 Å². The molecule has 30 heavy (non-hydrogen) atoms. The fourth-order valence-electron chi connectivity index (χ4n) is 3.54. The van der Waals surface area contributed by atoms with Crippen LogP contribution in [0, 0.1) is 10.8 Å². The van der Waals surface area contributed by atoms with Gasteiger partial charge in [-0.25, -0.2) is 0 Å². The molecule has 0 unspecified atom stereocenters. The molecule has 1 fully saturated rings. The molecule has 6 heteroatoms. The van der Waals surface area contributed by atoms with Crippen molar-refractivity contribution in [1.82, 2.24) is 4.90 Å². The number of hydrogen-bond acceptors (Lipinski definition) is 4. The summed E-state index contributed by atoms with van der Waals surface area (Å²) < 4.78 is 6.13. The number of benzene rings is 2. The highest BCUT2D eigenvalue weighted by atomic mass is 16.5. The first-order valence-corrected chi connectivity index (χ1v) is 10.3. The summed E-state index contributed by atoms with van der Waals surface area (Å²) in [6.07, 6.45) is 6.27. The molecule has 0 aromatic heterocycles. The third kappa shape index (κ3) is 5.86. The summed E-state index contributed by atoms with van der Waals surface area (Å²) in [5.74, 6) is 1.62. The van der Waals surface area contributed by atoms with Crippen molar-refractivity contribution in [2.24, 2.45) is 5.73 Å². The van der Waals surface area contributed by atoms with E-state index < -0.39 is 0 Å². The van der Waals surface area contributed by atoms with Crippen molar-refractivity contribution in [3.05, 3.63) is 65.7 Å². The molecule has 1 saturated heterocycles. The van der Waals surface area contributed by atoms with Gasteiger partial charge < -0.3 is 20.3 Å². The normalized spacial score (nSPS) is 14.7. The van der Waals surface area contributed by atoms with Gasteiger partial charge in [-0.15, -0.1) is 0 Å². The second-order valence-corrected chi connectivity index (χ2v) is 7.71. The molecule has 0 saturated carbocycles. The van der Waals surface area contributed by atoms with Crippen LogP contribution in [-0.2, 0) is 0 Å². The van der Waals surface area contributed by atoms with E-state index >= 15 is 0 Å². The van der Waals surface area contributed by atoms with Gasteiger partial charge in [0.1, 0.15) is 17.7 Å². The van der Waals surface area contributed by atoms with Crippen molar-refractivity contribution in [2.45, 2.75) is 25.9 Å². The number of likely N-dealkylation sites (tertiary alicyclic amines) is 1. The molecular weight excluding hydrogens is 374 g/mol. The fourth-order valence-corrected chi connectivity index (χ4v) is 3.54. The summed E-state index contributed by atoms with van der Waals surface area (Å²) in [6.45, 7) is 4.39. The van der Waals surface area contributed by atoms with Gasteiger partial charge in [0.2, 0.25) is 0 Å². The SMILES string of the molecule is CC(=N)N1CCC(Oc2ccc(N(C)CC=Cc3cccc(C(=N)N)c3)cc2)CC1. The number of nitrogens with one attached hydrogen (secondary N) is 2. The first-order chi connectivity index (χ1) is 14.4. The Balaban J connectivity index is 1.50. The Morgan fingerprint density at radius 3 is 2.50 bits per heavy atom. The quantitative estimate of drug-likeness (QED) is 0.480. The minimum atomic E-state index is 0.0834. The van der Waals surface area contributed by atoms with Gasteiger partial charge in [-0.1, -0.05) is 30.4 Å². The molecule has 2 aromatic carbocycles. The molecule has 1 heterocycles. The number of likely N-dealkylation sites (N-methyl/N-ethyl adjacent to an activating group) is 1. The fraction of sp³-hybridized carbons (Fsp3) is 0.333. The van der Waals surface area contributed by atoms with Crippen molar-refractivity contribution < 1.29 is 4.74 Å². The largest absolute Gasteiger partial charge is 0.490 e. The zero-order chi connectivity index (χ0) is 21.5. The molecule has 0 aliphatic carbocycles. The van der Waals surface area contributed by atoms with Gasteiger partial charge in [-0.05, 0) is 42.8 Å². The highest BCUT2D eigenvalue weighted by Gasteiger charge is 2.20. The van der Waals surface area contributed by atoms with E-state index in [1.807, 2.05) is 49.4 Å². The van der Waals surface area contributed by atoms with E-state index in [4.69, 9.17) is 21.3 Å². The predicted octanol–water partition coefficient (Wildman–Crippen LogP) is 3.96. The van der Waals surface area contributed by atoms with Crippen molar-refractivity contribution in [3.8, 4) is 5.75 Å². The Morgan fingerprint density at radius 1 is 1.17 bits per heavy atom. The Kier molecular flexibility index (Phi) is 7.12. The Hall–Kier alpha value is -3.28. The molecule has 0 atom stereocenters. The molecule has 158 valence electrons. The maximum absolute atomic E-state index is 7.72. The lowest BCUT2D eigenvalue weighted by Gasteiger charge is -2.32. The third-order valence-corrected chi connectivity index (χ3v) is 5.38. The van der Waals surface area contributed by atoms with Gasteiger partial charge in [-0.3, -0.25) is 10.8 Å². The molecule has 2 aromatic rings. The maximum Gasteiger partial charge on any atom is 0.122 e. The summed E-state index contributed by atoms with van der Waals surface area (Å²) in [5, 5.41) is 15.3. The number of ether oxygens (including phenoxy) is 1. The van der Waals surface area contributed by atoms with Crippen LogP contribution in [0.15, 0.2) is 54.6 Å². The molecule has 1 aliphatic heterocycles. The van der Waals surface area contributed by atoms with E-state index in [1.165, 1.54) is 0 Å². The van der Waals surface area contributed by atoms with Crippen LogP contribution in [0.4, 0.5) is 5.69 Å². The average molecular weight is 406 g/mol. The van der Waals surface area contributed by atoms with Crippen LogP contribution < -0.4 is 15.4 Å². The van der Waals surface area contributed by atoms with Gasteiger partial charge in [0, 0.05) is 50.8 Å². The first kappa shape index (κ1) is 21.4. The number of nitrogens with two attached hydrogens (primary N) is 1. The molecule has 0 spiro atoms. The number of hydrogen-bond donors (Lipinski definition) is 3. The molecule has 4 N–H and O–H groups in total. The van der Waals surface area contributed by atoms with Crippen molar-refractivity contribution >= 4 is 23.4 Å². The number of nitrogens with zero attached hydrogens (tertiary/aromatic N) is 2. The molecule has 0 bridgehead atoms. The lowest BCUT2D eigenvalue weighted by molar-refractivity contribution is 0.130.